The third kappa shape index (κ3) is 2.20. The van der Waals surface area contributed by atoms with Gasteiger partial charge < -0.3 is 0 Å². The lowest BCUT2D eigenvalue weighted by Gasteiger charge is -2.28. The van der Waals surface area contributed by atoms with Crippen molar-refractivity contribution in [2.24, 2.45) is 5.41 Å². The van der Waals surface area contributed by atoms with Gasteiger partial charge in [0.25, 0.3) is 0 Å². The summed E-state index contributed by atoms with van der Waals surface area (Å²) in [6.45, 7) is 4.35. The third-order valence-electron chi connectivity index (χ3n) is 3.48. The van der Waals surface area contributed by atoms with E-state index in [1.165, 1.54) is 30.6 Å². The van der Waals surface area contributed by atoms with Crippen molar-refractivity contribution in [3.63, 3.8) is 0 Å². The summed E-state index contributed by atoms with van der Waals surface area (Å²) in [5.41, 5.74) is 1.44. The van der Waals surface area contributed by atoms with Gasteiger partial charge >= 0.3 is 0 Å². The summed E-state index contributed by atoms with van der Waals surface area (Å²) in [4.78, 5) is 1.24. The summed E-state index contributed by atoms with van der Waals surface area (Å²) in [6.07, 6.45) is 5.13. The predicted octanol–water partition coefficient (Wildman–Crippen LogP) is 5.57. The van der Waals surface area contributed by atoms with E-state index in [9.17, 15) is 0 Å². The Labute approximate surface area is 106 Å². The lowest BCUT2D eigenvalue weighted by molar-refractivity contribution is 0.324. The van der Waals surface area contributed by atoms with Gasteiger partial charge in [0, 0.05) is 4.88 Å². The molecule has 0 aliphatic heterocycles. The highest BCUT2D eigenvalue weighted by atomic mass is 35.5. The molecule has 1 heterocycles. The van der Waals surface area contributed by atoms with Crippen LogP contribution in [0.1, 0.15) is 48.4 Å². The number of rotatable bonds is 2. The fraction of sp³-hybridized carbons (Fsp3) is 0.667. The zero-order chi connectivity index (χ0) is 11.1. The summed E-state index contributed by atoms with van der Waals surface area (Å²) >= 11 is 14.3. The van der Waals surface area contributed by atoms with Crippen LogP contribution in [0.25, 0.3) is 0 Å². The Hall–Kier alpha value is 0.280. The molecule has 0 N–H and O–H groups in total. The molecule has 84 valence electrons. The van der Waals surface area contributed by atoms with E-state index in [1.807, 2.05) is 6.92 Å². The van der Waals surface area contributed by atoms with Crippen LogP contribution < -0.4 is 0 Å². The minimum Gasteiger partial charge on any atom is -0.127 e. The second-order valence-corrected chi connectivity index (χ2v) is 6.95. The van der Waals surface area contributed by atoms with E-state index in [0.29, 0.717) is 0 Å². The van der Waals surface area contributed by atoms with Crippen LogP contribution in [-0.4, -0.2) is 0 Å². The molecule has 0 nitrogen and oxygen atoms in total. The predicted molar refractivity (Wildman–Crippen MR) is 69.2 cm³/mol. The van der Waals surface area contributed by atoms with Crippen molar-refractivity contribution < 1.29 is 0 Å². The summed E-state index contributed by atoms with van der Waals surface area (Å²) in [6, 6.07) is 2.15. The maximum Gasteiger partial charge on any atom is 0.0960 e. The first-order valence-corrected chi connectivity index (χ1v) is 7.06. The van der Waals surface area contributed by atoms with Gasteiger partial charge in [-0.05, 0) is 36.8 Å². The third-order valence-corrected chi connectivity index (χ3v) is 6.00. The van der Waals surface area contributed by atoms with Gasteiger partial charge in [-0.3, -0.25) is 0 Å². The minimum absolute atomic E-state index is 0.135. The largest absolute Gasteiger partial charge is 0.127 e. The molecule has 15 heavy (non-hydrogen) atoms. The molecule has 0 aromatic carbocycles. The maximum atomic E-state index is 6.59. The highest BCUT2D eigenvalue weighted by Gasteiger charge is 2.37. The molecule has 0 amide bonds. The first-order valence-electron chi connectivity index (χ1n) is 5.43. The number of alkyl halides is 1. The van der Waals surface area contributed by atoms with Crippen LogP contribution in [0, 0.1) is 12.3 Å². The normalized spacial score (nSPS) is 21.9. The summed E-state index contributed by atoms with van der Waals surface area (Å²) < 4.78 is 0.886. The van der Waals surface area contributed by atoms with E-state index < -0.39 is 0 Å². The highest BCUT2D eigenvalue weighted by Crippen LogP contribution is 2.52. The monoisotopic (exact) mass is 262 g/mol. The Kier molecular flexibility index (Phi) is 3.35. The van der Waals surface area contributed by atoms with Crippen molar-refractivity contribution in [3.8, 4) is 0 Å². The quantitative estimate of drug-likeness (QED) is 0.612. The molecule has 0 saturated heterocycles. The van der Waals surface area contributed by atoms with Gasteiger partial charge in [-0.2, -0.15) is 0 Å². The van der Waals surface area contributed by atoms with Crippen LogP contribution in [0.3, 0.4) is 0 Å². The van der Waals surface area contributed by atoms with E-state index in [-0.39, 0.29) is 10.8 Å². The van der Waals surface area contributed by atoms with Crippen molar-refractivity contribution >= 4 is 34.5 Å². The molecular formula is C12H16Cl2S. The van der Waals surface area contributed by atoms with Crippen LogP contribution in [0.15, 0.2) is 6.07 Å². The highest BCUT2D eigenvalue weighted by molar-refractivity contribution is 7.16. The lowest BCUT2D eigenvalue weighted by Crippen LogP contribution is -2.17. The topological polar surface area (TPSA) is 0 Å². The first kappa shape index (κ1) is 11.8. The number of hydrogen-bond acceptors (Lipinski definition) is 1. The van der Waals surface area contributed by atoms with E-state index >= 15 is 0 Å². The van der Waals surface area contributed by atoms with Crippen LogP contribution in [-0.2, 0) is 0 Å². The van der Waals surface area contributed by atoms with E-state index in [2.05, 4.69) is 13.0 Å². The van der Waals surface area contributed by atoms with E-state index in [0.717, 1.165) is 9.90 Å². The Morgan fingerprint density at radius 2 is 2.00 bits per heavy atom. The maximum absolute atomic E-state index is 6.59. The van der Waals surface area contributed by atoms with E-state index in [1.54, 1.807) is 11.3 Å². The van der Waals surface area contributed by atoms with Crippen LogP contribution in [0.2, 0.25) is 4.34 Å². The number of hydrogen-bond donors (Lipinski definition) is 0. The molecule has 0 radical (unpaired) electrons. The van der Waals surface area contributed by atoms with Crippen LogP contribution in [0.4, 0.5) is 0 Å². The second kappa shape index (κ2) is 4.27. The van der Waals surface area contributed by atoms with Crippen molar-refractivity contribution in [1.82, 2.24) is 0 Å². The molecule has 3 heteroatoms. The number of thiophene rings is 1. The molecule has 1 unspecified atom stereocenters. The molecule has 1 fully saturated rings. The summed E-state index contributed by atoms with van der Waals surface area (Å²) in [7, 11) is 0. The number of halogens is 2. The van der Waals surface area contributed by atoms with E-state index in [4.69, 9.17) is 23.2 Å². The minimum atomic E-state index is 0.135. The molecule has 0 spiro atoms. The Morgan fingerprint density at radius 1 is 1.40 bits per heavy atom. The first-order chi connectivity index (χ1) is 7.03. The zero-order valence-electron chi connectivity index (χ0n) is 9.15. The zero-order valence-corrected chi connectivity index (χ0v) is 11.5. The van der Waals surface area contributed by atoms with Gasteiger partial charge in [-0.15, -0.1) is 22.9 Å². The van der Waals surface area contributed by atoms with Gasteiger partial charge in [0.2, 0.25) is 0 Å². The molecule has 1 aliphatic carbocycles. The van der Waals surface area contributed by atoms with Gasteiger partial charge in [0.05, 0.1) is 9.71 Å². The fourth-order valence-electron chi connectivity index (χ4n) is 2.39. The SMILES string of the molecule is Cc1cc(C(Cl)C2(C)CCCC2)sc1Cl. The average Bonchev–Trinajstić information content (AvgIpc) is 2.75. The average molecular weight is 263 g/mol. The van der Waals surface area contributed by atoms with Crippen molar-refractivity contribution in [3.05, 3.63) is 20.8 Å². The lowest BCUT2D eigenvalue weighted by atomic mass is 9.84. The Balaban J connectivity index is 2.23. The van der Waals surface area contributed by atoms with Crippen LogP contribution in [0.5, 0.6) is 0 Å². The molecule has 0 bridgehead atoms. The van der Waals surface area contributed by atoms with Crippen molar-refractivity contribution in [2.75, 3.05) is 0 Å². The van der Waals surface area contributed by atoms with Crippen molar-refractivity contribution in [1.29, 1.82) is 0 Å². The summed E-state index contributed by atoms with van der Waals surface area (Å²) in [5, 5.41) is 0.135. The molecule has 1 saturated carbocycles. The Morgan fingerprint density at radius 3 is 2.47 bits per heavy atom. The second-order valence-electron chi connectivity index (χ2n) is 4.83. The molecule has 1 atom stereocenters. The van der Waals surface area contributed by atoms with Gasteiger partial charge in [-0.1, -0.05) is 31.4 Å². The summed E-state index contributed by atoms with van der Waals surface area (Å²) in [5.74, 6) is 0. The number of aryl methyl sites for hydroxylation is 1. The Bertz CT molecular complexity index is 331. The standard InChI is InChI=1S/C12H16Cl2S/c1-8-7-9(15-11(8)14)10(13)12(2)5-3-4-6-12/h7,10H,3-6H2,1-2H3. The smallest absolute Gasteiger partial charge is 0.0960 e. The molecule has 1 aromatic rings. The molecule has 2 rings (SSSR count). The van der Waals surface area contributed by atoms with Gasteiger partial charge in [-0.25, -0.2) is 0 Å². The molecule has 1 aromatic heterocycles. The molecule has 1 aliphatic rings. The van der Waals surface area contributed by atoms with Crippen LogP contribution >= 0.6 is 34.5 Å². The fourth-order valence-corrected chi connectivity index (χ4v) is 4.18. The molecular weight excluding hydrogens is 247 g/mol. The van der Waals surface area contributed by atoms with Gasteiger partial charge in [0.1, 0.15) is 0 Å². The van der Waals surface area contributed by atoms with Crippen molar-refractivity contribution in [2.45, 2.75) is 44.9 Å². The van der Waals surface area contributed by atoms with Gasteiger partial charge in [0.15, 0.2) is 0 Å².